The van der Waals surface area contributed by atoms with Crippen molar-refractivity contribution in [3.05, 3.63) is 42.0 Å². The minimum Gasteiger partial charge on any atom is -0.467 e. The second-order valence-electron chi connectivity index (χ2n) is 4.11. The summed E-state index contributed by atoms with van der Waals surface area (Å²) in [6.07, 6.45) is 2.05. The van der Waals surface area contributed by atoms with Gasteiger partial charge in [-0.1, -0.05) is 0 Å². The van der Waals surface area contributed by atoms with E-state index in [1.165, 1.54) is 7.05 Å². The van der Waals surface area contributed by atoms with Crippen LogP contribution in [-0.2, 0) is 0 Å². The van der Waals surface area contributed by atoms with Gasteiger partial charge in [-0.3, -0.25) is 4.79 Å². The van der Waals surface area contributed by atoms with Crippen LogP contribution < -0.4 is 10.6 Å². The summed E-state index contributed by atoms with van der Waals surface area (Å²) in [6.45, 7) is 0.0160. The van der Waals surface area contributed by atoms with E-state index in [1.54, 1.807) is 24.5 Å². The largest absolute Gasteiger partial charge is 0.467 e. The number of furan rings is 1. The molecule has 2 aromatic rings. The summed E-state index contributed by atoms with van der Waals surface area (Å²) in [6, 6.07) is 6.63. The average molecular weight is 276 g/mol. The molecule has 1 unspecified atom stereocenters. The van der Waals surface area contributed by atoms with Crippen molar-refractivity contribution in [1.82, 2.24) is 15.5 Å². The predicted molar refractivity (Wildman–Crippen MR) is 72.2 cm³/mol. The molecule has 0 aromatic carbocycles. The molecule has 0 saturated carbocycles. The Hall–Kier alpha value is -2.41. The molecule has 0 radical (unpaired) electrons. The molecule has 1 amide bonds. The lowest BCUT2D eigenvalue weighted by Crippen LogP contribution is -2.20. The Kier molecular flexibility index (Phi) is 4.67. The van der Waals surface area contributed by atoms with Gasteiger partial charge in [-0.15, -0.1) is 10.2 Å². The van der Waals surface area contributed by atoms with Gasteiger partial charge in [-0.25, -0.2) is 0 Å². The van der Waals surface area contributed by atoms with Crippen LogP contribution in [0, 0.1) is 0 Å². The maximum atomic E-state index is 11.4. The van der Waals surface area contributed by atoms with Crippen molar-refractivity contribution >= 4 is 11.7 Å². The number of aliphatic hydroxyl groups excluding tert-OH is 1. The van der Waals surface area contributed by atoms with Crippen LogP contribution in [0.4, 0.5) is 5.82 Å². The van der Waals surface area contributed by atoms with Crippen LogP contribution in [0.3, 0.4) is 0 Å². The molecule has 0 spiro atoms. The van der Waals surface area contributed by atoms with Crippen LogP contribution in [0.15, 0.2) is 34.9 Å². The number of rotatable bonds is 6. The molecule has 2 heterocycles. The van der Waals surface area contributed by atoms with E-state index in [-0.39, 0.29) is 24.2 Å². The topological polar surface area (TPSA) is 100 Å². The van der Waals surface area contributed by atoms with Crippen LogP contribution in [0.25, 0.3) is 0 Å². The van der Waals surface area contributed by atoms with Crippen LogP contribution in [-0.4, -0.2) is 34.9 Å². The fourth-order valence-corrected chi connectivity index (χ4v) is 1.74. The molecule has 0 aliphatic heterocycles. The molecule has 20 heavy (non-hydrogen) atoms. The molecule has 1 atom stereocenters. The van der Waals surface area contributed by atoms with Crippen molar-refractivity contribution in [2.75, 3.05) is 19.0 Å². The lowest BCUT2D eigenvalue weighted by atomic mass is 10.1. The minimum atomic E-state index is -0.290. The van der Waals surface area contributed by atoms with Gasteiger partial charge < -0.3 is 20.2 Å². The van der Waals surface area contributed by atoms with E-state index in [0.717, 1.165) is 0 Å². The number of aliphatic hydroxyl groups is 1. The Morgan fingerprint density at radius 3 is 2.80 bits per heavy atom. The zero-order valence-corrected chi connectivity index (χ0v) is 11.0. The fraction of sp³-hybridized carbons (Fsp3) is 0.308. The SMILES string of the molecule is CNC(=O)c1ccc(NC(CCO)c2ccco2)nn1. The number of carbonyl (C=O) groups excluding carboxylic acids is 1. The Morgan fingerprint density at radius 1 is 1.40 bits per heavy atom. The lowest BCUT2D eigenvalue weighted by Gasteiger charge is -2.15. The van der Waals surface area contributed by atoms with Gasteiger partial charge in [0, 0.05) is 13.7 Å². The summed E-state index contributed by atoms with van der Waals surface area (Å²) in [5, 5.41) is 22.4. The summed E-state index contributed by atoms with van der Waals surface area (Å²) in [5.41, 5.74) is 0.245. The summed E-state index contributed by atoms with van der Waals surface area (Å²) < 4.78 is 5.31. The van der Waals surface area contributed by atoms with Crippen molar-refractivity contribution in [1.29, 1.82) is 0 Å². The number of aromatic nitrogens is 2. The average Bonchev–Trinajstić information content (AvgIpc) is 3.01. The van der Waals surface area contributed by atoms with Gasteiger partial charge in [0.15, 0.2) is 5.69 Å². The highest BCUT2D eigenvalue weighted by Gasteiger charge is 2.15. The molecule has 0 aliphatic rings. The van der Waals surface area contributed by atoms with Crippen LogP contribution in [0.2, 0.25) is 0 Å². The number of amides is 1. The zero-order chi connectivity index (χ0) is 14.4. The minimum absolute atomic E-state index is 0.0160. The van der Waals surface area contributed by atoms with E-state index >= 15 is 0 Å². The molecular formula is C13H16N4O3. The van der Waals surface area contributed by atoms with E-state index in [2.05, 4.69) is 20.8 Å². The van der Waals surface area contributed by atoms with Crippen molar-refractivity contribution in [2.45, 2.75) is 12.5 Å². The first-order valence-corrected chi connectivity index (χ1v) is 6.21. The third-order valence-electron chi connectivity index (χ3n) is 2.75. The Morgan fingerprint density at radius 2 is 2.25 bits per heavy atom. The van der Waals surface area contributed by atoms with E-state index in [4.69, 9.17) is 9.52 Å². The summed E-state index contributed by atoms with van der Waals surface area (Å²) in [7, 11) is 1.53. The Balaban J connectivity index is 2.09. The molecular weight excluding hydrogens is 260 g/mol. The molecule has 0 fully saturated rings. The molecule has 7 heteroatoms. The molecule has 0 bridgehead atoms. The summed E-state index contributed by atoms with van der Waals surface area (Å²) in [4.78, 5) is 11.4. The van der Waals surface area contributed by atoms with Gasteiger partial charge in [0.2, 0.25) is 0 Å². The third kappa shape index (κ3) is 3.33. The van der Waals surface area contributed by atoms with Gasteiger partial charge in [0.25, 0.3) is 5.91 Å². The molecule has 106 valence electrons. The number of anilines is 1. The van der Waals surface area contributed by atoms with E-state index in [0.29, 0.717) is 18.0 Å². The second kappa shape index (κ2) is 6.67. The Labute approximate surface area is 116 Å². The van der Waals surface area contributed by atoms with Crippen LogP contribution in [0.5, 0.6) is 0 Å². The smallest absolute Gasteiger partial charge is 0.271 e. The highest BCUT2D eigenvalue weighted by molar-refractivity contribution is 5.91. The van der Waals surface area contributed by atoms with E-state index < -0.39 is 0 Å². The van der Waals surface area contributed by atoms with Crippen LogP contribution in [0.1, 0.15) is 28.7 Å². The fourth-order valence-electron chi connectivity index (χ4n) is 1.74. The highest BCUT2D eigenvalue weighted by atomic mass is 16.3. The molecule has 2 rings (SSSR count). The second-order valence-corrected chi connectivity index (χ2v) is 4.11. The Bertz CT molecular complexity index is 539. The molecule has 3 N–H and O–H groups in total. The number of hydrogen-bond acceptors (Lipinski definition) is 6. The monoisotopic (exact) mass is 276 g/mol. The standard InChI is InChI=1S/C13H16N4O3/c1-14-13(19)10-4-5-12(17-16-10)15-9(6-7-18)11-3-2-8-20-11/h2-5,8-9,18H,6-7H2,1H3,(H,14,19)(H,15,17). The maximum absolute atomic E-state index is 11.4. The van der Waals surface area contributed by atoms with Crippen molar-refractivity contribution in [3.63, 3.8) is 0 Å². The van der Waals surface area contributed by atoms with Crippen molar-refractivity contribution in [2.24, 2.45) is 0 Å². The van der Waals surface area contributed by atoms with E-state index in [9.17, 15) is 4.79 Å². The number of nitrogens with zero attached hydrogens (tertiary/aromatic N) is 2. The van der Waals surface area contributed by atoms with Crippen molar-refractivity contribution < 1.29 is 14.3 Å². The van der Waals surface area contributed by atoms with Crippen LogP contribution >= 0.6 is 0 Å². The van der Waals surface area contributed by atoms with Gasteiger partial charge >= 0.3 is 0 Å². The molecule has 0 aliphatic carbocycles. The first-order valence-electron chi connectivity index (χ1n) is 6.21. The summed E-state index contributed by atoms with van der Waals surface area (Å²) in [5.74, 6) is 0.922. The van der Waals surface area contributed by atoms with E-state index in [1.807, 2.05) is 6.07 Å². The molecule has 0 saturated heterocycles. The number of hydrogen-bond donors (Lipinski definition) is 3. The van der Waals surface area contributed by atoms with Gasteiger partial charge in [0.1, 0.15) is 11.6 Å². The van der Waals surface area contributed by atoms with Gasteiger partial charge in [-0.2, -0.15) is 0 Å². The number of carbonyl (C=O) groups is 1. The van der Waals surface area contributed by atoms with Gasteiger partial charge in [-0.05, 0) is 30.7 Å². The lowest BCUT2D eigenvalue weighted by molar-refractivity contribution is 0.0957. The quantitative estimate of drug-likeness (QED) is 0.726. The number of nitrogens with one attached hydrogen (secondary N) is 2. The van der Waals surface area contributed by atoms with Gasteiger partial charge in [0.05, 0.1) is 12.3 Å². The highest BCUT2D eigenvalue weighted by Crippen LogP contribution is 2.21. The maximum Gasteiger partial charge on any atom is 0.271 e. The zero-order valence-electron chi connectivity index (χ0n) is 11.0. The first-order chi connectivity index (χ1) is 9.74. The predicted octanol–water partition coefficient (Wildman–Crippen LogP) is 0.965. The third-order valence-corrected chi connectivity index (χ3v) is 2.75. The molecule has 7 nitrogen and oxygen atoms in total. The molecule has 2 aromatic heterocycles. The normalized spacial score (nSPS) is 11.9. The van der Waals surface area contributed by atoms with Crippen molar-refractivity contribution in [3.8, 4) is 0 Å². The first kappa shape index (κ1) is 14.0. The summed E-state index contributed by atoms with van der Waals surface area (Å²) >= 11 is 0.